The number of carbonyl (C=O) groups is 1. The van der Waals surface area contributed by atoms with Crippen molar-refractivity contribution in [2.75, 3.05) is 6.54 Å². The summed E-state index contributed by atoms with van der Waals surface area (Å²) < 4.78 is 0. The summed E-state index contributed by atoms with van der Waals surface area (Å²) in [6.07, 6.45) is 0.603. The number of hydrogen-bond acceptors (Lipinski definition) is 2. The molecule has 17 heavy (non-hydrogen) atoms. The first kappa shape index (κ1) is 13.5. The van der Waals surface area contributed by atoms with E-state index in [1.807, 2.05) is 37.3 Å². The van der Waals surface area contributed by atoms with Crippen LogP contribution in [0.15, 0.2) is 30.3 Å². The van der Waals surface area contributed by atoms with Gasteiger partial charge in [-0.1, -0.05) is 37.3 Å². The highest BCUT2D eigenvalue weighted by Gasteiger charge is 2.17. The van der Waals surface area contributed by atoms with Gasteiger partial charge in [0.25, 0.3) is 0 Å². The third kappa shape index (κ3) is 5.36. The van der Waals surface area contributed by atoms with E-state index in [9.17, 15) is 9.90 Å². The van der Waals surface area contributed by atoms with Gasteiger partial charge in [-0.15, -0.1) is 0 Å². The number of benzene rings is 1. The number of hydrogen-bond donors (Lipinski definition) is 3. The van der Waals surface area contributed by atoms with E-state index in [-0.39, 0.29) is 12.6 Å². The lowest BCUT2D eigenvalue weighted by Crippen LogP contribution is -2.44. The lowest BCUT2D eigenvalue weighted by molar-refractivity contribution is 0.0581. The summed E-state index contributed by atoms with van der Waals surface area (Å²) in [7, 11) is 0. The van der Waals surface area contributed by atoms with E-state index in [4.69, 9.17) is 0 Å². The Labute approximate surface area is 102 Å². The van der Waals surface area contributed by atoms with E-state index in [1.165, 1.54) is 0 Å². The molecule has 94 valence electrons. The predicted octanol–water partition coefficient (Wildman–Crippen LogP) is 1.65. The molecule has 0 radical (unpaired) electrons. The summed E-state index contributed by atoms with van der Waals surface area (Å²) >= 11 is 0. The minimum absolute atomic E-state index is 0.254. The average Bonchev–Trinajstić information content (AvgIpc) is 2.35. The summed E-state index contributed by atoms with van der Waals surface area (Å²) in [5.41, 5.74) is 0.203. The van der Waals surface area contributed by atoms with Crippen LogP contribution < -0.4 is 10.6 Å². The van der Waals surface area contributed by atoms with Crippen molar-refractivity contribution in [3.05, 3.63) is 35.9 Å². The van der Waals surface area contributed by atoms with Crippen LogP contribution in [0.25, 0.3) is 0 Å². The van der Waals surface area contributed by atoms with E-state index in [2.05, 4.69) is 10.6 Å². The minimum Gasteiger partial charge on any atom is -0.388 e. The van der Waals surface area contributed by atoms with Gasteiger partial charge in [0.2, 0.25) is 0 Å². The molecule has 0 unspecified atom stereocenters. The molecule has 0 aliphatic heterocycles. The number of rotatable bonds is 5. The first-order valence-electron chi connectivity index (χ1n) is 5.81. The molecule has 0 bridgehead atoms. The highest BCUT2D eigenvalue weighted by Crippen LogP contribution is 2.05. The zero-order valence-corrected chi connectivity index (χ0v) is 10.4. The molecular weight excluding hydrogens is 216 g/mol. The number of carbonyl (C=O) groups excluding carboxylic acids is 1. The Hall–Kier alpha value is -1.55. The van der Waals surface area contributed by atoms with Gasteiger partial charge in [-0.05, 0) is 18.9 Å². The van der Waals surface area contributed by atoms with Crippen molar-refractivity contribution in [2.45, 2.75) is 32.4 Å². The molecule has 0 saturated carbocycles. The molecule has 1 aromatic rings. The number of nitrogens with one attached hydrogen (secondary N) is 2. The Kier molecular flexibility index (Phi) is 4.97. The Morgan fingerprint density at radius 3 is 2.53 bits per heavy atom. The molecule has 0 fully saturated rings. The van der Waals surface area contributed by atoms with Crippen LogP contribution in [0.3, 0.4) is 0 Å². The molecule has 0 heterocycles. The molecule has 1 aromatic carbocycles. The summed E-state index contributed by atoms with van der Waals surface area (Å²) in [6.45, 7) is 4.32. The smallest absolute Gasteiger partial charge is 0.315 e. The maximum atomic E-state index is 11.4. The molecule has 0 saturated heterocycles. The van der Waals surface area contributed by atoms with Crippen LogP contribution >= 0.6 is 0 Å². The van der Waals surface area contributed by atoms with Gasteiger partial charge < -0.3 is 15.7 Å². The van der Waals surface area contributed by atoms with Crippen molar-refractivity contribution >= 4 is 6.03 Å². The molecule has 4 heteroatoms. The molecule has 4 nitrogen and oxygen atoms in total. The standard InChI is InChI=1S/C13H20N2O2/c1-3-13(2,17)10-15-12(16)14-9-11-7-5-4-6-8-11/h4-8,17H,3,9-10H2,1-2H3,(H2,14,15,16)/t13-/m1/s1. The monoisotopic (exact) mass is 236 g/mol. The van der Waals surface area contributed by atoms with E-state index in [0.717, 1.165) is 5.56 Å². The van der Waals surface area contributed by atoms with Crippen molar-refractivity contribution < 1.29 is 9.90 Å². The number of aliphatic hydroxyl groups is 1. The Balaban J connectivity index is 2.27. The molecule has 3 N–H and O–H groups in total. The molecule has 0 aliphatic rings. The van der Waals surface area contributed by atoms with Crippen molar-refractivity contribution in [3.8, 4) is 0 Å². The fraction of sp³-hybridized carbons (Fsp3) is 0.462. The molecule has 0 aromatic heterocycles. The van der Waals surface area contributed by atoms with Gasteiger partial charge in [0.15, 0.2) is 0 Å². The molecule has 1 atom stereocenters. The van der Waals surface area contributed by atoms with Crippen LogP contribution in [0.1, 0.15) is 25.8 Å². The van der Waals surface area contributed by atoms with Gasteiger partial charge in [0.1, 0.15) is 0 Å². The highest BCUT2D eigenvalue weighted by atomic mass is 16.3. The topological polar surface area (TPSA) is 61.4 Å². The molecule has 2 amide bonds. The zero-order valence-electron chi connectivity index (χ0n) is 10.4. The number of urea groups is 1. The molecular formula is C13H20N2O2. The molecule has 1 rings (SSSR count). The van der Waals surface area contributed by atoms with Gasteiger partial charge in [0, 0.05) is 13.1 Å². The first-order valence-corrected chi connectivity index (χ1v) is 5.81. The minimum atomic E-state index is -0.843. The zero-order chi connectivity index (χ0) is 12.7. The van der Waals surface area contributed by atoms with Crippen molar-refractivity contribution in [1.29, 1.82) is 0 Å². The van der Waals surface area contributed by atoms with Crippen molar-refractivity contribution in [3.63, 3.8) is 0 Å². The van der Waals surface area contributed by atoms with Gasteiger partial charge in [0.05, 0.1) is 5.60 Å². The Morgan fingerprint density at radius 2 is 1.94 bits per heavy atom. The highest BCUT2D eigenvalue weighted by molar-refractivity contribution is 5.73. The summed E-state index contributed by atoms with van der Waals surface area (Å²) in [4.78, 5) is 11.4. The van der Waals surface area contributed by atoms with Crippen molar-refractivity contribution in [2.24, 2.45) is 0 Å². The maximum absolute atomic E-state index is 11.4. The van der Waals surface area contributed by atoms with Crippen LogP contribution in [0, 0.1) is 0 Å². The third-order valence-electron chi connectivity index (χ3n) is 2.69. The van der Waals surface area contributed by atoms with Crippen LogP contribution in [-0.4, -0.2) is 23.3 Å². The number of amides is 2. The SMILES string of the molecule is CC[C@@](C)(O)CNC(=O)NCc1ccccc1. The average molecular weight is 236 g/mol. The fourth-order valence-electron chi connectivity index (χ4n) is 1.24. The van der Waals surface area contributed by atoms with Gasteiger partial charge in [-0.2, -0.15) is 0 Å². The second kappa shape index (κ2) is 6.25. The van der Waals surface area contributed by atoms with Crippen molar-refractivity contribution in [1.82, 2.24) is 10.6 Å². The fourth-order valence-corrected chi connectivity index (χ4v) is 1.24. The van der Waals surface area contributed by atoms with Gasteiger partial charge in [-0.3, -0.25) is 0 Å². The summed E-state index contributed by atoms with van der Waals surface area (Å²) in [5, 5.41) is 15.1. The molecule has 0 spiro atoms. The van der Waals surface area contributed by atoms with Gasteiger partial charge in [-0.25, -0.2) is 4.79 Å². The molecule has 0 aliphatic carbocycles. The summed E-state index contributed by atoms with van der Waals surface area (Å²) in [6, 6.07) is 9.42. The van der Waals surface area contributed by atoms with Gasteiger partial charge >= 0.3 is 6.03 Å². The third-order valence-corrected chi connectivity index (χ3v) is 2.69. The first-order chi connectivity index (χ1) is 8.03. The van der Waals surface area contributed by atoms with Crippen LogP contribution in [0.5, 0.6) is 0 Å². The van der Waals surface area contributed by atoms with E-state index >= 15 is 0 Å². The lowest BCUT2D eigenvalue weighted by atomic mass is 10.0. The second-order valence-corrected chi connectivity index (χ2v) is 4.37. The lowest BCUT2D eigenvalue weighted by Gasteiger charge is -2.21. The van der Waals surface area contributed by atoms with Crippen LogP contribution in [0.2, 0.25) is 0 Å². The van der Waals surface area contributed by atoms with E-state index < -0.39 is 5.60 Å². The van der Waals surface area contributed by atoms with Crippen LogP contribution in [-0.2, 0) is 6.54 Å². The predicted molar refractivity (Wildman–Crippen MR) is 67.6 cm³/mol. The van der Waals surface area contributed by atoms with E-state index in [0.29, 0.717) is 13.0 Å². The largest absolute Gasteiger partial charge is 0.388 e. The normalized spacial score (nSPS) is 13.8. The summed E-state index contributed by atoms with van der Waals surface area (Å²) in [5.74, 6) is 0. The van der Waals surface area contributed by atoms with E-state index in [1.54, 1.807) is 6.92 Å². The maximum Gasteiger partial charge on any atom is 0.315 e. The van der Waals surface area contributed by atoms with Crippen LogP contribution in [0.4, 0.5) is 4.79 Å². The second-order valence-electron chi connectivity index (χ2n) is 4.37. The quantitative estimate of drug-likeness (QED) is 0.728. The Morgan fingerprint density at radius 1 is 1.29 bits per heavy atom. The Bertz CT molecular complexity index is 350.